The Morgan fingerprint density at radius 2 is 2.33 bits per heavy atom. The Bertz CT molecular complexity index is 356. The normalized spacial score (nSPS) is 21.3. The molecule has 0 spiro atoms. The highest BCUT2D eigenvalue weighted by Gasteiger charge is 2.23. The molecule has 1 aromatic rings. The van der Waals surface area contributed by atoms with E-state index >= 15 is 0 Å². The maximum absolute atomic E-state index is 10.7. The van der Waals surface area contributed by atoms with Gasteiger partial charge in [-0.05, 0) is 6.07 Å². The smallest absolute Gasteiger partial charge is 0.124 e. The molecule has 0 saturated carbocycles. The van der Waals surface area contributed by atoms with Gasteiger partial charge in [-0.15, -0.1) is 0 Å². The van der Waals surface area contributed by atoms with Gasteiger partial charge < -0.3 is 9.53 Å². The molecule has 2 unspecified atom stereocenters. The Morgan fingerprint density at radius 3 is 3.13 bits per heavy atom. The van der Waals surface area contributed by atoms with E-state index in [1.165, 1.54) is 0 Å². The standard InChI is InChI=1S/C11H14NO2P/c13-7-5-10-9-3-1-2-4-11(9)14-8-6-12(10)15/h1-4,7,10H,5-6,8,15H2. The minimum Gasteiger partial charge on any atom is -0.492 e. The highest BCUT2D eigenvalue weighted by molar-refractivity contribution is 7.13. The highest BCUT2D eigenvalue weighted by atomic mass is 31.0. The summed E-state index contributed by atoms with van der Waals surface area (Å²) < 4.78 is 7.71. The lowest BCUT2D eigenvalue weighted by Gasteiger charge is -2.23. The largest absolute Gasteiger partial charge is 0.492 e. The van der Waals surface area contributed by atoms with Crippen LogP contribution in [0.3, 0.4) is 0 Å². The molecule has 1 aliphatic heterocycles. The number of carbonyl (C=O) groups is 1. The van der Waals surface area contributed by atoms with E-state index in [-0.39, 0.29) is 6.04 Å². The molecule has 3 nitrogen and oxygen atoms in total. The lowest BCUT2D eigenvalue weighted by molar-refractivity contribution is -0.108. The average Bonchev–Trinajstić information content (AvgIpc) is 2.40. The summed E-state index contributed by atoms with van der Waals surface area (Å²) in [7, 11) is 2.67. The monoisotopic (exact) mass is 223 g/mol. The quantitative estimate of drug-likeness (QED) is 0.565. The molecule has 1 heterocycles. The van der Waals surface area contributed by atoms with Crippen LogP contribution in [0.4, 0.5) is 0 Å². The van der Waals surface area contributed by atoms with E-state index in [0.29, 0.717) is 13.0 Å². The van der Waals surface area contributed by atoms with Crippen LogP contribution in [0, 0.1) is 0 Å². The molecule has 0 aromatic heterocycles. The fourth-order valence-electron chi connectivity index (χ4n) is 1.84. The van der Waals surface area contributed by atoms with Gasteiger partial charge in [-0.3, -0.25) is 4.67 Å². The summed E-state index contributed by atoms with van der Waals surface area (Å²) in [5.74, 6) is 0.898. The fraction of sp³-hybridized carbons (Fsp3) is 0.364. The van der Waals surface area contributed by atoms with Gasteiger partial charge in [0.2, 0.25) is 0 Å². The third-order valence-corrected chi connectivity index (χ3v) is 3.22. The van der Waals surface area contributed by atoms with E-state index in [2.05, 4.69) is 14.1 Å². The molecule has 0 fully saturated rings. The molecular formula is C11H14NO2P. The molecule has 2 atom stereocenters. The van der Waals surface area contributed by atoms with E-state index in [0.717, 1.165) is 24.1 Å². The third kappa shape index (κ3) is 2.19. The van der Waals surface area contributed by atoms with Gasteiger partial charge in [0.25, 0.3) is 0 Å². The topological polar surface area (TPSA) is 29.5 Å². The van der Waals surface area contributed by atoms with Crippen LogP contribution in [0.1, 0.15) is 18.0 Å². The molecule has 4 heteroatoms. The zero-order valence-electron chi connectivity index (χ0n) is 8.43. The molecule has 0 N–H and O–H groups in total. The Balaban J connectivity index is 2.37. The first kappa shape index (κ1) is 10.6. The summed E-state index contributed by atoms with van der Waals surface area (Å²) in [5, 5.41) is 0. The summed E-state index contributed by atoms with van der Waals surface area (Å²) in [5.41, 5.74) is 1.09. The van der Waals surface area contributed by atoms with Crippen molar-refractivity contribution in [2.45, 2.75) is 12.5 Å². The average molecular weight is 223 g/mol. The number of nitrogens with zero attached hydrogens (tertiary/aromatic N) is 1. The van der Waals surface area contributed by atoms with Crippen LogP contribution in [0.5, 0.6) is 5.75 Å². The molecule has 1 aromatic carbocycles. The zero-order valence-corrected chi connectivity index (χ0v) is 9.58. The molecule has 2 rings (SSSR count). The van der Waals surface area contributed by atoms with Gasteiger partial charge in [0.15, 0.2) is 0 Å². The Kier molecular flexibility index (Phi) is 3.34. The van der Waals surface area contributed by atoms with Crippen LogP contribution in [0.15, 0.2) is 24.3 Å². The molecule has 1 aliphatic rings. The summed E-state index contributed by atoms with van der Waals surface area (Å²) in [6.45, 7) is 1.48. The number of rotatable bonds is 2. The molecular weight excluding hydrogens is 209 g/mol. The molecule has 15 heavy (non-hydrogen) atoms. The minimum absolute atomic E-state index is 0.117. The first-order chi connectivity index (χ1) is 7.33. The van der Waals surface area contributed by atoms with E-state index in [1.807, 2.05) is 24.3 Å². The number of hydrogen-bond donors (Lipinski definition) is 0. The summed E-state index contributed by atoms with van der Waals surface area (Å²) in [6, 6.07) is 8.02. The van der Waals surface area contributed by atoms with Gasteiger partial charge in [0.05, 0.1) is 0 Å². The Hall–Kier alpha value is -0.920. The van der Waals surface area contributed by atoms with Crippen molar-refractivity contribution in [3.8, 4) is 5.75 Å². The van der Waals surface area contributed by atoms with Gasteiger partial charge >= 0.3 is 0 Å². The predicted octanol–water partition coefficient (Wildman–Crippen LogP) is 1.80. The van der Waals surface area contributed by atoms with Crippen molar-refractivity contribution < 1.29 is 9.53 Å². The van der Waals surface area contributed by atoms with Gasteiger partial charge in [-0.2, -0.15) is 0 Å². The summed E-state index contributed by atoms with van der Waals surface area (Å²) in [4.78, 5) is 10.7. The van der Waals surface area contributed by atoms with Gasteiger partial charge in [0, 0.05) is 24.6 Å². The summed E-state index contributed by atoms with van der Waals surface area (Å²) in [6.07, 6.45) is 1.47. The van der Waals surface area contributed by atoms with Crippen LogP contribution in [-0.2, 0) is 4.79 Å². The van der Waals surface area contributed by atoms with E-state index in [9.17, 15) is 4.79 Å². The minimum atomic E-state index is 0.117. The number of para-hydroxylation sites is 1. The number of fused-ring (bicyclic) bond motifs is 1. The predicted molar refractivity (Wildman–Crippen MR) is 61.8 cm³/mol. The number of aldehydes is 1. The van der Waals surface area contributed by atoms with Crippen molar-refractivity contribution in [1.82, 2.24) is 4.67 Å². The highest BCUT2D eigenvalue weighted by Crippen LogP contribution is 2.35. The number of benzene rings is 1. The van der Waals surface area contributed by atoms with E-state index in [1.54, 1.807) is 0 Å². The molecule has 80 valence electrons. The Morgan fingerprint density at radius 1 is 1.53 bits per heavy atom. The third-order valence-electron chi connectivity index (χ3n) is 2.60. The van der Waals surface area contributed by atoms with Gasteiger partial charge in [-0.1, -0.05) is 27.6 Å². The number of hydrogen-bond acceptors (Lipinski definition) is 3. The molecule has 0 amide bonds. The molecule has 0 saturated heterocycles. The lowest BCUT2D eigenvalue weighted by Crippen LogP contribution is -2.20. The van der Waals surface area contributed by atoms with Crippen molar-refractivity contribution in [1.29, 1.82) is 0 Å². The molecule has 0 radical (unpaired) electrons. The van der Waals surface area contributed by atoms with Crippen LogP contribution in [-0.4, -0.2) is 24.1 Å². The summed E-state index contributed by atoms with van der Waals surface area (Å²) >= 11 is 0. The zero-order chi connectivity index (χ0) is 10.7. The van der Waals surface area contributed by atoms with Gasteiger partial charge in [0.1, 0.15) is 18.6 Å². The van der Waals surface area contributed by atoms with Gasteiger partial charge in [-0.25, -0.2) is 0 Å². The lowest BCUT2D eigenvalue weighted by atomic mass is 10.0. The van der Waals surface area contributed by atoms with Crippen molar-refractivity contribution >= 4 is 15.7 Å². The first-order valence-corrected chi connectivity index (χ1v) is 5.51. The van der Waals surface area contributed by atoms with Crippen LogP contribution in [0.2, 0.25) is 0 Å². The van der Waals surface area contributed by atoms with Crippen molar-refractivity contribution in [2.24, 2.45) is 0 Å². The van der Waals surface area contributed by atoms with Crippen LogP contribution in [0.25, 0.3) is 0 Å². The van der Waals surface area contributed by atoms with E-state index < -0.39 is 0 Å². The van der Waals surface area contributed by atoms with Crippen LogP contribution < -0.4 is 4.74 Å². The van der Waals surface area contributed by atoms with Crippen LogP contribution >= 0.6 is 9.39 Å². The second-order valence-electron chi connectivity index (χ2n) is 3.54. The SMILES string of the molecule is O=CCC1c2ccccc2OCCN1P. The van der Waals surface area contributed by atoms with Crippen molar-refractivity contribution in [3.63, 3.8) is 0 Å². The number of ether oxygens (including phenoxy) is 1. The Labute approximate surface area is 91.7 Å². The first-order valence-electron chi connectivity index (χ1n) is 4.99. The number of carbonyl (C=O) groups excluding carboxylic acids is 1. The molecule has 0 bridgehead atoms. The maximum Gasteiger partial charge on any atom is 0.124 e. The molecule has 0 aliphatic carbocycles. The second kappa shape index (κ2) is 4.73. The van der Waals surface area contributed by atoms with Crippen molar-refractivity contribution in [2.75, 3.05) is 13.2 Å². The van der Waals surface area contributed by atoms with Crippen molar-refractivity contribution in [3.05, 3.63) is 29.8 Å². The van der Waals surface area contributed by atoms with E-state index in [4.69, 9.17) is 4.74 Å². The second-order valence-corrected chi connectivity index (χ2v) is 4.21. The fourth-order valence-corrected chi connectivity index (χ4v) is 2.22. The maximum atomic E-state index is 10.7.